The molecule has 0 amide bonds. The van der Waals surface area contributed by atoms with Crippen LogP contribution in [0, 0.1) is 11.3 Å². The van der Waals surface area contributed by atoms with E-state index in [0.717, 1.165) is 24.0 Å². The number of aryl methyl sites for hydroxylation is 1. The SMILES string of the molecule is CCCCCc1ccn(Cc2ccccc2C#N)c(=O)c1. The summed E-state index contributed by atoms with van der Waals surface area (Å²) in [5.41, 5.74) is 2.59. The molecule has 108 valence electrons. The molecule has 21 heavy (non-hydrogen) atoms. The van der Waals surface area contributed by atoms with E-state index in [-0.39, 0.29) is 5.56 Å². The second kappa shape index (κ2) is 7.44. The number of unbranched alkanes of at least 4 members (excludes halogenated alkanes) is 2. The molecule has 0 fully saturated rings. The lowest BCUT2D eigenvalue weighted by molar-refractivity contribution is 0.707. The van der Waals surface area contributed by atoms with Gasteiger partial charge in [-0.2, -0.15) is 5.26 Å². The number of rotatable bonds is 6. The van der Waals surface area contributed by atoms with Crippen LogP contribution >= 0.6 is 0 Å². The zero-order valence-corrected chi connectivity index (χ0v) is 12.4. The highest BCUT2D eigenvalue weighted by molar-refractivity contribution is 5.37. The Kier molecular flexibility index (Phi) is 5.34. The molecular formula is C18H20N2O. The number of aromatic nitrogens is 1. The maximum Gasteiger partial charge on any atom is 0.251 e. The average molecular weight is 280 g/mol. The van der Waals surface area contributed by atoms with Crippen molar-refractivity contribution in [1.29, 1.82) is 5.26 Å². The van der Waals surface area contributed by atoms with Gasteiger partial charge in [0, 0.05) is 12.3 Å². The molecule has 0 saturated carbocycles. The van der Waals surface area contributed by atoms with Crippen LogP contribution in [0.1, 0.15) is 42.9 Å². The summed E-state index contributed by atoms with van der Waals surface area (Å²) in [4.78, 5) is 12.2. The van der Waals surface area contributed by atoms with E-state index in [1.54, 1.807) is 16.7 Å². The minimum Gasteiger partial charge on any atom is -0.311 e. The molecule has 1 heterocycles. The summed E-state index contributed by atoms with van der Waals surface area (Å²) in [5, 5.41) is 9.09. The smallest absolute Gasteiger partial charge is 0.251 e. The van der Waals surface area contributed by atoms with Gasteiger partial charge in [0.1, 0.15) is 0 Å². The number of benzene rings is 1. The molecule has 0 atom stereocenters. The van der Waals surface area contributed by atoms with E-state index < -0.39 is 0 Å². The first-order chi connectivity index (χ1) is 10.2. The predicted molar refractivity (Wildman–Crippen MR) is 84.2 cm³/mol. The molecule has 1 aromatic heterocycles. The Hall–Kier alpha value is -2.34. The lowest BCUT2D eigenvalue weighted by Gasteiger charge is -2.08. The molecule has 0 radical (unpaired) electrons. The standard InChI is InChI=1S/C18H20N2O/c1-2-3-4-7-15-10-11-20(18(21)12-15)14-17-9-6-5-8-16(17)13-19/h5-6,8-12H,2-4,7,14H2,1H3. The van der Waals surface area contributed by atoms with E-state index in [2.05, 4.69) is 13.0 Å². The second-order valence-electron chi connectivity index (χ2n) is 5.23. The van der Waals surface area contributed by atoms with Gasteiger partial charge in [0.15, 0.2) is 0 Å². The minimum absolute atomic E-state index is 0.00302. The summed E-state index contributed by atoms with van der Waals surface area (Å²) >= 11 is 0. The maximum absolute atomic E-state index is 12.2. The lowest BCUT2D eigenvalue weighted by atomic mass is 10.1. The molecule has 2 rings (SSSR count). The number of nitrogens with zero attached hydrogens (tertiary/aromatic N) is 2. The van der Waals surface area contributed by atoms with Crippen molar-refractivity contribution in [3.05, 3.63) is 69.6 Å². The highest BCUT2D eigenvalue weighted by atomic mass is 16.1. The molecule has 0 N–H and O–H groups in total. The van der Waals surface area contributed by atoms with Gasteiger partial charge in [-0.3, -0.25) is 4.79 Å². The molecule has 3 heteroatoms. The van der Waals surface area contributed by atoms with Crippen LogP contribution in [0.4, 0.5) is 0 Å². The van der Waals surface area contributed by atoms with E-state index in [1.165, 1.54) is 12.8 Å². The van der Waals surface area contributed by atoms with Gasteiger partial charge in [-0.15, -0.1) is 0 Å². The minimum atomic E-state index is -0.00302. The Morgan fingerprint density at radius 1 is 1.19 bits per heavy atom. The molecule has 0 aliphatic heterocycles. The average Bonchev–Trinajstić information content (AvgIpc) is 2.50. The van der Waals surface area contributed by atoms with Gasteiger partial charge in [-0.25, -0.2) is 0 Å². The van der Waals surface area contributed by atoms with Crippen LogP contribution in [-0.2, 0) is 13.0 Å². The largest absolute Gasteiger partial charge is 0.311 e. The van der Waals surface area contributed by atoms with Crippen LogP contribution in [0.2, 0.25) is 0 Å². The van der Waals surface area contributed by atoms with Gasteiger partial charge in [0.05, 0.1) is 18.2 Å². The summed E-state index contributed by atoms with van der Waals surface area (Å²) < 4.78 is 1.65. The van der Waals surface area contributed by atoms with Crippen molar-refractivity contribution in [2.45, 2.75) is 39.2 Å². The van der Waals surface area contributed by atoms with Crippen molar-refractivity contribution >= 4 is 0 Å². The number of hydrogen-bond donors (Lipinski definition) is 0. The summed E-state index contributed by atoms with van der Waals surface area (Å²) in [5.74, 6) is 0. The molecule has 0 unspecified atom stereocenters. The van der Waals surface area contributed by atoms with Gasteiger partial charge in [0.2, 0.25) is 0 Å². The van der Waals surface area contributed by atoms with Crippen LogP contribution < -0.4 is 5.56 Å². The van der Waals surface area contributed by atoms with Gasteiger partial charge in [-0.05, 0) is 36.1 Å². The van der Waals surface area contributed by atoms with Crippen molar-refractivity contribution in [2.24, 2.45) is 0 Å². The molecule has 0 spiro atoms. The van der Waals surface area contributed by atoms with Crippen LogP contribution in [0.25, 0.3) is 0 Å². The summed E-state index contributed by atoms with van der Waals surface area (Å²) in [6, 6.07) is 13.3. The van der Waals surface area contributed by atoms with Crippen molar-refractivity contribution in [3.63, 3.8) is 0 Å². The molecule has 0 aliphatic carbocycles. The summed E-state index contributed by atoms with van der Waals surface area (Å²) in [6.45, 7) is 2.61. The van der Waals surface area contributed by atoms with Crippen molar-refractivity contribution < 1.29 is 0 Å². The quantitative estimate of drug-likeness (QED) is 0.760. The second-order valence-corrected chi connectivity index (χ2v) is 5.23. The molecule has 3 nitrogen and oxygen atoms in total. The van der Waals surface area contributed by atoms with Crippen molar-refractivity contribution in [1.82, 2.24) is 4.57 Å². The fraction of sp³-hybridized carbons (Fsp3) is 0.333. The summed E-state index contributed by atoms with van der Waals surface area (Å²) in [6.07, 6.45) is 6.29. The molecule has 0 saturated heterocycles. The van der Waals surface area contributed by atoms with E-state index in [9.17, 15) is 4.79 Å². The normalized spacial score (nSPS) is 10.3. The van der Waals surface area contributed by atoms with E-state index >= 15 is 0 Å². The third-order valence-corrected chi connectivity index (χ3v) is 3.61. The topological polar surface area (TPSA) is 45.8 Å². The molecule has 2 aromatic rings. The fourth-order valence-corrected chi connectivity index (χ4v) is 2.36. The third-order valence-electron chi connectivity index (χ3n) is 3.61. The first-order valence-electron chi connectivity index (χ1n) is 7.42. The Morgan fingerprint density at radius 3 is 2.71 bits per heavy atom. The van der Waals surface area contributed by atoms with Crippen LogP contribution in [0.3, 0.4) is 0 Å². The van der Waals surface area contributed by atoms with Crippen molar-refractivity contribution in [2.75, 3.05) is 0 Å². The number of hydrogen-bond acceptors (Lipinski definition) is 2. The van der Waals surface area contributed by atoms with Crippen molar-refractivity contribution in [3.8, 4) is 6.07 Å². The number of pyridine rings is 1. The van der Waals surface area contributed by atoms with Crippen LogP contribution in [0.15, 0.2) is 47.4 Å². The van der Waals surface area contributed by atoms with Crippen LogP contribution in [-0.4, -0.2) is 4.57 Å². The maximum atomic E-state index is 12.2. The molecule has 1 aromatic carbocycles. The zero-order chi connectivity index (χ0) is 15.1. The Balaban J connectivity index is 2.15. The van der Waals surface area contributed by atoms with Gasteiger partial charge >= 0.3 is 0 Å². The van der Waals surface area contributed by atoms with Gasteiger partial charge in [0.25, 0.3) is 5.56 Å². The zero-order valence-electron chi connectivity index (χ0n) is 12.4. The highest BCUT2D eigenvalue weighted by Gasteiger charge is 2.04. The third kappa shape index (κ3) is 4.06. The molecular weight excluding hydrogens is 260 g/mol. The summed E-state index contributed by atoms with van der Waals surface area (Å²) in [7, 11) is 0. The Bertz CT molecular complexity index is 695. The van der Waals surface area contributed by atoms with Gasteiger partial charge in [-0.1, -0.05) is 38.0 Å². The fourth-order valence-electron chi connectivity index (χ4n) is 2.36. The Labute approximate surface area is 125 Å². The van der Waals surface area contributed by atoms with E-state index in [4.69, 9.17) is 5.26 Å². The predicted octanol–water partition coefficient (Wildman–Crippen LogP) is 3.50. The van der Waals surface area contributed by atoms with E-state index in [0.29, 0.717) is 12.1 Å². The van der Waals surface area contributed by atoms with Crippen LogP contribution in [0.5, 0.6) is 0 Å². The monoisotopic (exact) mass is 280 g/mol. The lowest BCUT2D eigenvalue weighted by Crippen LogP contribution is -2.20. The number of nitriles is 1. The first-order valence-corrected chi connectivity index (χ1v) is 7.42. The first kappa shape index (κ1) is 15.1. The van der Waals surface area contributed by atoms with E-state index in [1.807, 2.05) is 30.5 Å². The highest BCUT2D eigenvalue weighted by Crippen LogP contribution is 2.09. The van der Waals surface area contributed by atoms with Gasteiger partial charge < -0.3 is 4.57 Å². The Morgan fingerprint density at radius 2 is 2.00 bits per heavy atom. The molecule has 0 aliphatic rings. The molecule has 0 bridgehead atoms.